The topological polar surface area (TPSA) is 59.1 Å². The fourth-order valence-electron chi connectivity index (χ4n) is 4.86. The number of aliphatic hydroxyl groups is 1. The normalized spacial score (nSPS) is 19.6. The molecule has 12 heteroatoms. The lowest BCUT2D eigenvalue weighted by Gasteiger charge is -2.37. The summed E-state index contributed by atoms with van der Waals surface area (Å²) in [5.74, 6) is -3.20. The molecule has 6 nitrogen and oxygen atoms in total. The first-order chi connectivity index (χ1) is 18.0. The van der Waals surface area contributed by atoms with Crippen LogP contribution in [0.25, 0.3) is 0 Å². The fraction of sp³-hybridized carbons (Fsp3) is 0.500. The van der Waals surface area contributed by atoms with Crippen molar-refractivity contribution >= 4 is 28.9 Å². The number of hydrogen-bond acceptors (Lipinski definition) is 5. The van der Waals surface area contributed by atoms with Gasteiger partial charge in [0.25, 0.3) is 5.91 Å². The number of rotatable bonds is 7. The highest BCUT2D eigenvalue weighted by Crippen LogP contribution is 2.31. The Morgan fingerprint density at radius 1 is 1.03 bits per heavy atom. The molecule has 2 aromatic rings. The maximum absolute atomic E-state index is 14.9. The molecule has 0 aromatic heterocycles. The van der Waals surface area contributed by atoms with Gasteiger partial charge in [-0.3, -0.25) is 14.6 Å². The summed E-state index contributed by atoms with van der Waals surface area (Å²) < 4.78 is 67.5. The summed E-state index contributed by atoms with van der Waals surface area (Å²) in [5, 5.41) is 12.8. The minimum absolute atomic E-state index is 0.0876. The number of anilines is 2. The van der Waals surface area contributed by atoms with E-state index >= 15 is 0 Å². The van der Waals surface area contributed by atoms with E-state index in [-0.39, 0.29) is 18.7 Å². The summed E-state index contributed by atoms with van der Waals surface area (Å²) in [7, 11) is 0. The van der Waals surface area contributed by atoms with Crippen molar-refractivity contribution in [2.75, 3.05) is 56.0 Å². The second-order valence-corrected chi connectivity index (χ2v) is 10.2. The zero-order valence-corrected chi connectivity index (χ0v) is 21.5. The van der Waals surface area contributed by atoms with E-state index in [4.69, 9.17) is 11.6 Å². The molecule has 0 aliphatic carbocycles. The molecule has 2 aliphatic rings. The Morgan fingerprint density at radius 2 is 1.76 bits per heavy atom. The number of carbonyl (C=O) groups excluding carboxylic acids is 1. The molecular weight excluding hydrogens is 531 g/mol. The highest BCUT2D eigenvalue weighted by molar-refractivity contribution is 6.31. The number of amides is 1. The number of nitrogens with one attached hydrogen (secondary N) is 1. The van der Waals surface area contributed by atoms with E-state index in [0.717, 1.165) is 6.42 Å². The summed E-state index contributed by atoms with van der Waals surface area (Å²) >= 11 is 6.17. The van der Waals surface area contributed by atoms with Crippen molar-refractivity contribution < 1.29 is 31.9 Å². The number of β-amino-alcohol motifs (C(OH)–C–C–N with tert-alkyl or cyclic N) is 1. The van der Waals surface area contributed by atoms with Gasteiger partial charge in [0.15, 0.2) is 11.6 Å². The van der Waals surface area contributed by atoms with Crippen LogP contribution < -0.4 is 10.2 Å². The first-order valence-corrected chi connectivity index (χ1v) is 12.9. The van der Waals surface area contributed by atoms with Crippen LogP contribution in [0.3, 0.4) is 0 Å². The van der Waals surface area contributed by atoms with Crippen molar-refractivity contribution in [3.05, 3.63) is 58.1 Å². The van der Waals surface area contributed by atoms with Crippen molar-refractivity contribution in [3.63, 3.8) is 0 Å². The molecule has 0 bridgehead atoms. The molecule has 38 heavy (non-hydrogen) atoms. The molecule has 2 heterocycles. The molecule has 0 unspecified atom stereocenters. The number of benzene rings is 2. The van der Waals surface area contributed by atoms with Crippen molar-refractivity contribution in [3.8, 4) is 0 Å². The van der Waals surface area contributed by atoms with Crippen molar-refractivity contribution in [2.24, 2.45) is 0 Å². The van der Waals surface area contributed by atoms with Crippen LogP contribution in [0, 0.1) is 11.6 Å². The van der Waals surface area contributed by atoms with Crippen molar-refractivity contribution in [2.45, 2.75) is 38.1 Å². The molecule has 2 aliphatic heterocycles. The maximum Gasteiger partial charge on any atom is 0.390 e. The van der Waals surface area contributed by atoms with E-state index < -0.39 is 41.8 Å². The number of piperazine rings is 1. The number of piperidine rings is 1. The van der Waals surface area contributed by atoms with Crippen LogP contribution in [0.1, 0.15) is 35.2 Å². The number of hydrogen-bond donors (Lipinski definition) is 2. The van der Waals surface area contributed by atoms with E-state index in [0.29, 0.717) is 62.1 Å². The van der Waals surface area contributed by atoms with Gasteiger partial charge < -0.3 is 15.3 Å². The Bertz CT molecular complexity index is 1140. The van der Waals surface area contributed by atoms with E-state index in [2.05, 4.69) is 5.32 Å². The summed E-state index contributed by atoms with van der Waals surface area (Å²) in [6.45, 7) is 2.67. The SMILES string of the molecule is O=C(Nc1ccc(Cl)cc1N1CCN(CCC(F)(F)F)CC1)c1ccc(CN2CCC[C@H](O)C2)c(F)c1F. The molecule has 208 valence electrons. The predicted octanol–water partition coefficient (Wildman–Crippen LogP) is 4.90. The zero-order valence-electron chi connectivity index (χ0n) is 20.7. The van der Waals surface area contributed by atoms with E-state index in [1.54, 1.807) is 23.1 Å². The van der Waals surface area contributed by atoms with E-state index in [9.17, 15) is 31.9 Å². The van der Waals surface area contributed by atoms with Gasteiger partial charge in [0, 0.05) is 56.4 Å². The quantitative estimate of drug-likeness (QED) is 0.472. The zero-order chi connectivity index (χ0) is 27.4. The molecule has 2 N–H and O–H groups in total. The van der Waals surface area contributed by atoms with Crippen LogP contribution >= 0.6 is 11.6 Å². The Balaban J connectivity index is 1.44. The summed E-state index contributed by atoms with van der Waals surface area (Å²) in [4.78, 5) is 18.4. The second-order valence-electron chi connectivity index (χ2n) is 9.74. The number of halogens is 6. The van der Waals surface area contributed by atoms with Crippen molar-refractivity contribution in [1.82, 2.24) is 9.80 Å². The number of aliphatic hydroxyl groups excluding tert-OH is 1. The van der Waals surface area contributed by atoms with Crippen LogP contribution in [0.4, 0.5) is 33.3 Å². The number of carbonyl (C=O) groups is 1. The minimum Gasteiger partial charge on any atom is -0.392 e. The van der Waals surface area contributed by atoms with Crippen LogP contribution in [-0.2, 0) is 6.54 Å². The van der Waals surface area contributed by atoms with Gasteiger partial charge in [0.2, 0.25) is 0 Å². The smallest absolute Gasteiger partial charge is 0.390 e. The molecule has 4 rings (SSSR count). The Labute approximate surface area is 223 Å². The monoisotopic (exact) mass is 560 g/mol. The van der Waals surface area contributed by atoms with Gasteiger partial charge in [0.05, 0.1) is 29.5 Å². The highest BCUT2D eigenvalue weighted by Gasteiger charge is 2.29. The number of nitrogens with zero attached hydrogens (tertiary/aromatic N) is 3. The van der Waals surface area contributed by atoms with Gasteiger partial charge in [0.1, 0.15) is 0 Å². The van der Waals surface area contributed by atoms with Crippen LogP contribution in [0.5, 0.6) is 0 Å². The van der Waals surface area contributed by atoms with Gasteiger partial charge in [-0.2, -0.15) is 13.2 Å². The lowest BCUT2D eigenvalue weighted by molar-refractivity contribution is -0.138. The van der Waals surface area contributed by atoms with Crippen molar-refractivity contribution in [1.29, 1.82) is 0 Å². The first-order valence-electron chi connectivity index (χ1n) is 12.5. The van der Waals surface area contributed by atoms with Gasteiger partial charge in [-0.15, -0.1) is 0 Å². The first kappa shape index (κ1) is 28.5. The summed E-state index contributed by atoms with van der Waals surface area (Å²) in [6.07, 6.45) is -4.17. The summed E-state index contributed by atoms with van der Waals surface area (Å²) in [6, 6.07) is 7.33. The van der Waals surface area contributed by atoms with Crippen LogP contribution in [0.2, 0.25) is 5.02 Å². The highest BCUT2D eigenvalue weighted by atomic mass is 35.5. The average molecular weight is 561 g/mol. The molecule has 1 atom stereocenters. The second kappa shape index (κ2) is 12.1. The Hall–Kier alpha value is -2.47. The lowest BCUT2D eigenvalue weighted by atomic mass is 10.1. The Morgan fingerprint density at radius 3 is 2.45 bits per heavy atom. The van der Waals surface area contributed by atoms with Crippen LogP contribution in [0.15, 0.2) is 30.3 Å². The molecule has 0 saturated carbocycles. The molecular formula is C26H30ClF5N4O2. The molecule has 2 saturated heterocycles. The number of likely N-dealkylation sites (tertiary alicyclic amines) is 1. The molecule has 2 fully saturated rings. The molecule has 0 spiro atoms. The van der Waals surface area contributed by atoms with Gasteiger partial charge in [-0.25, -0.2) is 8.78 Å². The van der Waals surface area contributed by atoms with E-state index in [1.165, 1.54) is 12.1 Å². The third kappa shape index (κ3) is 7.34. The van der Waals surface area contributed by atoms with Gasteiger partial charge in [-0.05, 0) is 43.7 Å². The van der Waals surface area contributed by atoms with E-state index in [1.807, 2.05) is 9.80 Å². The minimum atomic E-state index is -4.22. The van der Waals surface area contributed by atoms with Gasteiger partial charge in [-0.1, -0.05) is 17.7 Å². The van der Waals surface area contributed by atoms with Gasteiger partial charge >= 0.3 is 6.18 Å². The van der Waals surface area contributed by atoms with Crippen LogP contribution in [-0.4, -0.2) is 78.9 Å². The maximum atomic E-state index is 14.9. The Kier molecular flexibility index (Phi) is 9.12. The molecule has 2 aromatic carbocycles. The third-order valence-corrected chi connectivity index (χ3v) is 7.15. The lowest BCUT2D eigenvalue weighted by Crippen LogP contribution is -2.47. The molecule has 1 amide bonds. The molecule has 0 radical (unpaired) electrons. The predicted molar refractivity (Wildman–Crippen MR) is 136 cm³/mol. The summed E-state index contributed by atoms with van der Waals surface area (Å²) in [5.41, 5.74) is 0.517. The number of alkyl halides is 3. The fourth-order valence-corrected chi connectivity index (χ4v) is 5.03. The third-order valence-electron chi connectivity index (χ3n) is 6.91. The largest absolute Gasteiger partial charge is 0.392 e. The average Bonchev–Trinajstić information content (AvgIpc) is 2.86. The standard InChI is InChI=1S/C26H30ClF5N4O2/c27-18-4-6-21(22(14-18)36-12-10-34(11-13-36)9-7-26(30,31)32)33-25(38)20-5-3-17(23(28)24(20)29)15-35-8-1-2-19(37)16-35/h3-6,14,19,37H,1-2,7-13,15-16H2,(H,33,38)/t19-/m0/s1.